The molecule has 3 nitrogen and oxygen atoms in total. The van der Waals surface area contributed by atoms with Crippen LogP contribution in [0.4, 0.5) is 11.7 Å². The summed E-state index contributed by atoms with van der Waals surface area (Å²) in [4.78, 5) is 4.27. The Morgan fingerprint density at radius 3 is 2.44 bits per heavy atom. The summed E-state index contributed by atoms with van der Waals surface area (Å²) in [5.74, 6) is 0. The number of hydrogen-bond acceptors (Lipinski definition) is 2. The van der Waals surface area contributed by atoms with Crippen LogP contribution < -0.4 is 5.32 Å². The van der Waals surface area contributed by atoms with Crippen molar-refractivity contribution in [1.29, 1.82) is 0 Å². The van der Waals surface area contributed by atoms with E-state index in [1.165, 1.54) is 0 Å². The highest BCUT2D eigenvalue weighted by Crippen LogP contribution is 2.21. The van der Waals surface area contributed by atoms with E-state index in [1.807, 2.05) is 54.6 Å². The Morgan fingerprint density at radius 2 is 1.62 bits per heavy atom. The van der Waals surface area contributed by atoms with Crippen molar-refractivity contribution >= 4 is 22.8 Å². The molecular formula is C13H9N2O. The minimum atomic E-state index is 0.396. The predicted octanol–water partition coefficient (Wildman–Crippen LogP) is 3.40. The largest absolute Gasteiger partial charge is 0.422 e. The highest BCUT2D eigenvalue weighted by atomic mass is 16.4. The fourth-order valence-corrected chi connectivity index (χ4v) is 1.52. The normalized spacial score (nSPS) is 10.5. The Labute approximate surface area is 92.7 Å². The summed E-state index contributed by atoms with van der Waals surface area (Å²) < 4.78 is 5.49. The van der Waals surface area contributed by atoms with Crippen LogP contribution in [0.15, 0.2) is 59.0 Å². The minimum Gasteiger partial charge on any atom is -0.422 e. The maximum Gasteiger partial charge on any atom is 0.323 e. The maximum absolute atomic E-state index is 5.49. The molecule has 1 radical (unpaired) electrons. The molecular weight excluding hydrogens is 200 g/mol. The van der Waals surface area contributed by atoms with Gasteiger partial charge in [-0.25, -0.2) is 0 Å². The van der Waals surface area contributed by atoms with E-state index >= 15 is 0 Å². The van der Waals surface area contributed by atoms with Crippen LogP contribution in [0, 0.1) is 0 Å². The number of para-hydroxylation sites is 3. The lowest BCUT2D eigenvalue weighted by Crippen LogP contribution is -1.87. The van der Waals surface area contributed by atoms with Crippen LogP contribution in [-0.4, -0.2) is 4.98 Å². The van der Waals surface area contributed by atoms with Gasteiger partial charge in [-0.2, -0.15) is 10.3 Å². The van der Waals surface area contributed by atoms with Gasteiger partial charge >= 0.3 is 6.01 Å². The highest BCUT2D eigenvalue weighted by Gasteiger charge is 2.05. The smallest absolute Gasteiger partial charge is 0.323 e. The Kier molecular flexibility index (Phi) is 2.07. The summed E-state index contributed by atoms with van der Waals surface area (Å²) in [5, 5.41) is 4.30. The maximum atomic E-state index is 5.49. The van der Waals surface area contributed by atoms with Gasteiger partial charge < -0.3 is 4.42 Å². The zero-order valence-electron chi connectivity index (χ0n) is 8.50. The molecule has 0 aliphatic carbocycles. The van der Waals surface area contributed by atoms with Gasteiger partial charge in [-0.3, -0.25) is 0 Å². The van der Waals surface area contributed by atoms with Crippen LogP contribution in [-0.2, 0) is 0 Å². The first-order valence-corrected chi connectivity index (χ1v) is 5.04. The van der Waals surface area contributed by atoms with Crippen LogP contribution in [0.3, 0.4) is 0 Å². The van der Waals surface area contributed by atoms with Gasteiger partial charge in [-0.15, -0.1) is 0 Å². The lowest BCUT2D eigenvalue weighted by Gasteiger charge is -1.95. The van der Waals surface area contributed by atoms with Gasteiger partial charge in [-0.1, -0.05) is 30.3 Å². The molecule has 1 heterocycles. The van der Waals surface area contributed by atoms with Crippen molar-refractivity contribution in [2.75, 3.05) is 0 Å². The molecule has 0 aliphatic heterocycles. The summed E-state index contributed by atoms with van der Waals surface area (Å²) in [7, 11) is 0. The molecule has 3 aromatic rings. The van der Waals surface area contributed by atoms with Crippen LogP contribution >= 0.6 is 0 Å². The summed E-state index contributed by atoms with van der Waals surface area (Å²) >= 11 is 0. The molecule has 0 bridgehead atoms. The molecule has 0 N–H and O–H groups in total. The third-order valence-corrected chi connectivity index (χ3v) is 2.26. The van der Waals surface area contributed by atoms with E-state index in [9.17, 15) is 0 Å². The molecule has 0 amide bonds. The molecule has 2 aromatic carbocycles. The monoisotopic (exact) mass is 209 g/mol. The minimum absolute atomic E-state index is 0.396. The number of rotatable bonds is 2. The zero-order chi connectivity index (χ0) is 10.8. The van der Waals surface area contributed by atoms with E-state index < -0.39 is 0 Å². The van der Waals surface area contributed by atoms with E-state index in [0.717, 1.165) is 16.8 Å². The molecule has 3 heteroatoms. The number of aromatic nitrogens is 1. The SMILES string of the molecule is c1ccc([N]c2nc3ccccc3o2)cc1. The number of fused-ring (bicyclic) bond motifs is 1. The third-order valence-electron chi connectivity index (χ3n) is 2.26. The summed E-state index contributed by atoms with van der Waals surface area (Å²) in [6.07, 6.45) is 0. The van der Waals surface area contributed by atoms with Gasteiger partial charge in [0.2, 0.25) is 0 Å². The quantitative estimate of drug-likeness (QED) is 0.649. The van der Waals surface area contributed by atoms with Gasteiger partial charge in [0.1, 0.15) is 5.52 Å². The standard InChI is InChI=1S/C13H9N2O/c1-2-6-10(7-3-1)14-13-15-11-8-4-5-9-12(11)16-13/h1-9H. The third kappa shape index (κ3) is 1.63. The molecule has 0 spiro atoms. The van der Waals surface area contributed by atoms with Crippen molar-refractivity contribution in [3.63, 3.8) is 0 Å². The Hall–Kier alpha value is -2.29. The van der Waals surface area contributed by atoms with Crippen LogP contribution in [0.2, 0.25) is 0 Å². The Balaban J connectivity index is 1.95. The van der Waals surface area contributed by atoms with Crippen molar-refractivity contribution in [1.82, 2.24) is 10.3 Å². The fourth-order valence-electron chi connectivity index (χ4n) is 1.52. The molecule has 0 saturated carbocycles. The number of hydrogen-bond donors (Lipinski definition) is 0. The van der Waals surface area contributed by atoms with Crippen LogP contribution in [0.5, 0.6) is 0 Å². The first-order valence-electron chi connectivity index (χ1n) is 5.04. The van der Waals surface area contributed by atoms with Crippen molar-refractivity contribution in [3.05, 3.63) is 54.6 Å². The van der Waals surface area contributed by atoms with Gasteiger partial charge in [0, 0.05) is 0 Å². The summed E-state index contributed by atoms with van der Waals surface area (Å²) in [5.41, 5.74) is 2.43. The molecule has 0 unspecified atom stereocenters. The number of benzene rings is 2. The predicted molar refractivity (Wildman–Crippen MR) is 61.9 cm³/mol. The Morgan fingerprint density at radius 1 is 0.875 bits per heavy atom. The molecule has 3 rings (SSSR count). The lowest BCUT2D eigenvalue weighted by molar-refractivity contribution is 0.591. The van der Waals surface area contributed by atoms with Crippen LogP contribution in [0.25, 0.3) is 11.1 Å². The second-order valence-electron chi connectivity index (χ2n) is 3.41. The van der Waals surface area contributed by atoms with Crippen molar-refractivity contribution in [3.8, 4) is 0 Å². The van der Waals surface area contributed by atoms with Crippen molar-refractivity contribution in [2.24, 2.45) is 0 Å². The van der Waals surface area contributed by atoms with E-state index in [0.29, 0.717) is 6.01 Å². The van der Waals surface area contributed by atoms with Gasteiger partial charge in [0.15, 0.2) is 5.58 Å². The average molecular weight is 209 g/mol. The van der Waals surface area contributed by atoms with Crippen LogP contribution in [0.1, 0.15) is 0 Å². The molecule has 0 atom stereocenters. The topological polar surface area (TPSA) is 40.1 Å². The summed E-state index contributed by atoms with van der Waals surface area (Å²) in [6, 6.07) is 17.7. The van der Waals surface area contributed by atoms with Crippen molar-refractivity contribution < 1.29 is 4.42 Å². The van der Waals surface area contributed by atoms with E-state index in [1.54, 1.807) is 0 Å². The molecule has 0 aliphatic rings. The van der Waals surface area contributed by atoms with E-state index in [-0.39, 0.29) is 0 Å². The first-order chi connectivity index (χ1) is 7.92. The second kappa shape index (κ2) is 3.70. The number of nitrogens with zero attached hydrogens (tertiary/aromatic N) is 2. The molecule has 0 fully saturated rings. The molecule has 16 heavy (non-hydrogen) atoms. The van der Waals surface area contributed by atoms with Gasteiger partial charge in [0.05, 0.1) is 5.69 Å². The fraction of sp³-hybridized carbons (Fsp3) is 0. The molecule has 77 valence electrons. The van der Waals surface area contributed by atoms with Gasteiger partial charge in [-0.05, 0) is 24.3 Å². The molecule has 1 aromatic heterocycles. The average Bonchev–Trinajstić information content (AvgIpc) is 2.72. The second-order valence-corrected chi connectivity index (χ2v) is 3.41. The summed E-state index contributed by atoms with van der Waals surface area (Å²) in [6.45, 7) is 0. The zero-order valence-corrected chi connectivity index (χ0v) is 8.50. The lowest BCUT2D eigenvalue weighted by atomic mass is 10.3. The van der Waals surface area contributed by atoms with E-state index in [2.05, 4.69) is 10.3 Å². The Bertz CT molecular complexity index is 568. The number of oxazole rings is 1. The van der Waals surface area contributed by atoms with E-state index in [4.69, 9.17) is 4.42 Å². The first kappa shape index (κ1) is 8.97. The van der Waals surface area contributed by atoms with Crippen molar-refractivity contribution in [2.45, 2.75) is 0 Å². The highest BCUT2D eigenvalue weighted by molar-refractivity contribution is 5.73. The molecule has 0 saturated heterocycles. The van der Waals surface area contributed by atoms with Gasteiger partial charge in [0.25, 0.3) is 0 Å².